The summed E-state index contributed by atoms with van der Waals surface area (Å²) in [6.45, 7) is 9.16. The molecule has 2 N–H and O–H groups in total. The number of allylic oxidation sites excluding steroid dienone is 2. The van der Waals surface area contributed by atoms with E-state index in [1.165, 1.54) is 6.42 Å². The third kappa shape index (κ3) is 5.89. The van der Waals surface area contributed by atoms with Crippen LogP contribution in [-0.4, -0.2) is 25.0 Å². The summed E-state index contributed by atoms with van der Waals surface area (Å²) in [5.41, 5.74) is 0. The molecule has 1 atom stereocenters. The first-order valence-electron chi connectivity index (χ1n) is 6.00. The number of hydrogen-bond acceptors (Lipinski definition) is 2. The fourth-order valence-electron chi connectivity index (χ4n) is 2.01. The molecule has 0 aromatic carbocycles. The molecule has 0 saturated carbocycles. The van der Waals surface area contributed by atoms with Crippen LogP contribution in [0.4, 0.5) is 0 Å². The zero-order valence-electron chi connectivity index (χ0n) is 10.3. The maximum absolute atomic E-state index is 11.8. The zero-order valence-corrected chi connectivity index (χ0v) is 11.1. The van der Waals surface area contributed by atoms with Crippen LogP contribution >= 0.6 is 12.4 Å². The predicted molar refractivity (Wildman–Crippen MR) is 74.4 cm³/mol. The van der Waals surface area contributed by atoms with E-state index >= 15 is 0 Å². The maximum Gasteiger partial charge on any atom is 0.223 e. The molecule has 0 spiro atoms. The normalized spacial score (nSPS) is 18.5. The Bertz CT molecular complexity index is 240. The van der Waals surface area contributed by atoms with Crippen LogP contribution in [0.1, 0.15) is 25.7 Å². The zero-order chi connectivity index (χ0) is 11.8. The van der Waals surface area contributed by atoms with Gasteiger partial charge in [0.25, 0.3) is 0 Å². The van der Waals surface area contributed by atoms with Gasteiger partial charge in [-0.2, -0.15) is 0 Å². The molecule has 1 rings (SSSR count). The summed E-state index contributed by atoms with van der Waals surface area (Å²) in [6.07, 6.45) is 7.40. The Morgan fingerprint density at radius 1 is 1.41 bits per heavy atom. The molecule has 0 aromatic rings. The summed E-state index contributed by atoms with van der Waals surface area (Å²) in [4.78, 5) is 11.8. The second-order valence-corrected chi connectivity index (χ2v) is 4.28. The summed E-state index contributed by atoms with van der Waals surface area (Å²) in [6, 6.07) is 0.456. The third-order valence-electron chi connectivity index (χ3n) is 2.96. The molecule has 1 fully saturated rings. The molecular weight excluding hydrogens is 236 g/mol. The topological polar surface area (TPSA) is 41.1 Å². The average Bonchev–Trinajstić information content (AvgIpc) is 2.78. The van der Waals surface area contributed by atoms with Crippen LogP contribution in [0, 0.1) is 5.92 Å². The minimum absolute atomic E-state index is 0. The van der Waals surface area contributed by atoms with Gasteiger partial charge in [-0.15, -0.1) is 25.6 Å². The van der Waals surface area contributed by atoms with E-state index in [0.717, 1.165) is 32.4 Å². The highest BCUT2D eigenvalue weighted by Gasteiger charge is 2.18. The van der Waals surface area contributed by atoms with Gasteiger partial charge in [-0.25, -0.2) is 0 Å². The fraction of sp³-hybridized carbons (Fsp3) is 0.615. The standard InChI is InChI=1S/C13H22N2O.ClH/c1-3-6-11(7-4-2)13(16)15-10-12-8-5-9-14-12;/h3-4,11-12,14H,1-2,5-10H2,(H,15,16);1H. The second-order valence-electron chi connectivity index (χ2n) is 4.28. The number of rotatable bonds is 7. The lowest BCUT2D eigenvalue weighted by molar-refractivity contribution is -0.124. The van der Waals surface area contributed by atoms with E-state index in [0.29, 0.717) is 6.04 Å². The summed E-state index contributed by atoms with van der Waals surface area (Å²) >= 11 is 0. The lowest BCUT2D eigenvalue weighted by Gasteiger charge is -2.16. The maximum atomic E-state index is 11.8. The molecule has 0 aromatic heterocycles. The average molecular weight is 259 g/mol. The van der Waals surface area contributed by atoms with E-state index in [2.05, 4.69) is 23.8 Å². The van der Waals surface area contributed by atoms with E-state index in [9.17, 15) is 4.79 Å². The largest absolute Gasteiger partial charge is 0.354 e. The first-order valence-corrected chi connectivity index (χ1v) is 6.00. The van der Waals surface area contributed by atoms with Crippen LogP contribution in [0.5, 0.6) is 0 Å². The smallest absolute Gasteiger partial charge is 0.223 e. The molecule has 3 nitrogen and oxygen atoms in total. The van der Waals surface area contributed by atoms with Gasteiger partial charge in [0.15, 0.2) is 0 Å². The SMILES string of the molecule is C=CCC(CC=C)C(=O)NCC1CCCN1.Cl. The van der Waals surface area contributed by atoms with Gasteiger partial charge >= 0.3 is 0 Å². The van der Waals surface area contributed by atoms with Crippen molar-refractivity contribution in [1.82, 2.24) is 10.6 Å². The highest BCUT2D eigenvalue weighted by atomic mass is 35.5. The van der Waals surface area contributed by atoms with Crippen LogP contribution in [0.25, 0.3) is 0 Å². The van der Waals surface area contributed by atoms with Gasteiger partial charge in [-0.05, 0) is 32.2 Å². The molecule has 1 heterocycles. The number of nitrogens with one attached hydrogen (secondary N) is 2. The number of hydrogen-bond donors (Lipinski definition) is 2. The predicted octanol–water partition coefficient (Wildman–Crippen LogP) is 2.04. The fourth-order valence-corrected chi connectivity index (χ4v) is 2.01. The van der Waals surface area contributed by atoms with E-state index in [1.54, 1.807) is 12.2 Å². The summed E-state index contributed by atoms with van der Waals surface area (Å²) < 4.78 is 0. The molecule has 1 amide bonds. The molecule has 1 saturated heterocycles. The highest BCUT2D eigenvalue weighted by molar-refractivity contribution is 5.85. The van der Waals surface area contributed by atoms with Crippen molar-refractivity contribution in [2.45, 2.75) is 31.7 Å². The lowest BCUT2D eigenvalue weighted by atomic mass is 10.0. The van der Waals surface area contributed by atoms with Crippen LogP contribution < -0.4 is 10.6 Å². The molecule has 0 aliphatic carbocycles. The highest BCUT2D eigenvalue weighted by Crippen LogP contribution is 2.10. The van der Waals surface area contributed by atoms with Crippen molar-refractivity contribution in [3.8, 4) is 0 Å². The van der Waals surface area contributed by atoms with Gasteiger partial charge in [0.05, 0.1) is 0 Å². The van der Waals surface area contributed by atoms with E-state index in [-0.39, 0.29) is 24.2 Å². The van der Waals surface area contributed by atoms with Crippen molar-refractivity contribution in [2.75, 3.05) is 13.1 Å². The van der Waals surface area contributed by atoms with Gasteiger partial charge in [0.2, 0.25) is 5.91 Å². The van der Waals surface area contributed by atoms with Gasteiger partial charge in [-0.1, -0.05) is 12.2 Å². The van der Waals surface area contributed by atoms with Crippen molar-refractivity contribution in [3.63, 3.8) is 0 Å². The van der Waals surface area contributed by atoms with E-state index in [4.69, 9.17) is 0 Å². The number of amides is 1. The number of halogens is 1. The summed E-state index contributed by atoms with van der Waals surface area (Å²) in [5, 5.41) is 6.36. The van der Waals surface area contributed by atoms with Crippen LogP contribution in [-0.2, 0) is 4.79 Å². The Hall–Kier alpha value is -0.800. The van der Waals surface area contributed by atoms with Gasteiger partial charge in [0.1, 0.15) is 0 Å². The summed E-state index contributed by atoms with van der Waals surface area (Å²) in [7, 11) is 0. The Kier molecular flexibility index (Phi) is 8.82. The van der Waals surface area contributed by atoms with Gasteiger partial charge < -0.3 is 10.6 Å². The first-order chi connectivity index (χ1) is 7.77. The Balaban J connectivity index is 0.00000256. The number of carbonyl (C=O) groups excluding carboxylic acids is 1. The van der Waals surface area contributed by atoms with Crippen LogP contribution in [0.2, 0.25) is 0 Å². The second kappa shape index (κ2) is 9.25. The van der Waals surface area contributed by atoms with E-state index < -0.39 is 0 Å². The number of carbonyl (C=O) groups is 1. The molecule has 0 radical (unpaired) electrons. The molecule has 98 valence electrons. The molecule has 17 heavy (non-hydrogen) atoms. The first kappa shape index (κ1) is 16.2. The van der Waals surface area contributed by atoms with Gasteiger partial charge in [0, 0.05) is 18.5 Å². The van der Waals surface area contributed by atoms with Crippen LogP contribution in [0.15, 0.2) is 25.3 Å². The van der Waals surface area contributed by atoms with Crippen molar-refractivity contribution in [2.24, 2.45) is 5.92 Å². The molecule has 1 unspecified atom stereocenters. The molecular formula is C13H23ClN2O. The third-order valence-corrected chi connectivity index (χ3v) is 2.96. The van der Waals surface area contributed by atoms with Crippen molar-refractivity contribution in [3.05, 3.63) is 25.3 Å². The van der Waals surface area contributed by atoms with Crippen molar-refractivity contribution < 1.29 is 4.79 Å². The summed E-state index contributed by atoms with van der Waals surface area (Å²) in [5.74, 6) is 0.116. The Labute approximate surface area is 110 Å². The Morgan fingerprint density at radius 2 is 2.06 bits per heavy atom. The molecule has 1 aliphatic rings. The van der Waals surface area contributed by atoms with Crippen LogP contribution in [0.3, 0.4) is 0 Å². The van der Waals surface area contributed by atoms with E-state index in [1.807, 2.05) is 0 Å². The van der Waals surface area contributed by atoms with Gasteiger partial charge in [-0.3, -0.25) is 4.79 Å². The monoisotopic (exact) mass is 258 g/mol. The minimum Gasteiger partial charge on any atom is -0.354 e. The Morgan fingerprint density at radius 3 is 2.53 bits per heavy atom. The minimum atomic E-state index is -0.00333. The van der Waals surface area contributed by atoms with Crippen molar-refractivity contribution >= 4 is 18.3 Å². The molecule has 0 bridgehead atoms. The molecule has 4 heteroatoms. The van der Waals surface area contributed by atoms with Crippen molar-refractivity contribution in [1.29, 1.82) is 0 Å². The lowest BCUT2D eigenvalue weighted by Crippen LogP contribution is -2.39. The molecule has 1 aliphatic heterocycles. The quantitative estimate of drug-likeness (QED) is 0.687.